The molecule has 11 nitrogen and oxygen atoms in total. The first-order chi connectivity index (χ1) is 23.4. The minimum atomic E-state index is -3.58. The van der Waals surface area contributed by atoms with Gasteiger partial charge in [0, 0.05) is 36.6 Å². The van der Waals surface area contributed by atoms with Crippen LogP contribution in [0.4, 0.5) is 16.2 Å². The number of anilines is 2. The van der Waals surface area contributed by atoms with Gasteiger partial charge in [0.15, 0.2) is 5.75 Å². The number of nitrogens with one attached hydrogen (secondary N) is 2. The predicted octanol–water partition coefficient (Wildman–Crippen LogP) is 7.83. The number of carbonyl (C=O) groups excluding carboxylic acids is 2. The van der Waals surface area contributed by atoms with E-state index in [1.807, 2.05) is 66.7 Å². The third-order valence-corrected chi connectivity index (χ3v) is 10.7. The van der Waals surface area contributed by atoms with Crippen LogP contribution >= 0.6 is 0 Å². The molecule has 1 aliphatic heterocycles. The lowest BCUT2D eigenvalue weighted by atomic mass is 9.86. The maximum atomic E-state index is 13.7. The number of aromatic nitrogens is 1. The average molecular weight is 707 g/mol. The van der Waals surface area contributed by atoms with Crippen molar-refractivity contribution < 1.29 is 32.2 Å². The average Bonchev–Trinajstić information content (AvgIpc) is 3.88. The number of rotatable bonds is 10. The lowest BCUT2D eigenvalue weighted by molar-refractivity contribution is 0.0184. The van der Waals surface area contributed by atoms with Crippen LogP contribution in [0.2, 0.25) is 0 Å². The summed E-state index contributed by atoms with van der Waals surface area (Å²) in [5.74, 6) is 1.34. The van der Waals surface area contributed by atoms with Gasteiger partial charge in [-0.25, -0.2) is 13.2 Å². The number of carbonyl (C=O) groups is 2. The topological polar surface area (TPSA) is 136 Å². The minimum absolute atomic E-state index is 0.235. The number of methoxy groups -OCH3 is 1. The number of aryl methyl sites for hydroxylation is 1. The molecule has 2 aliphatic rings. The lowest BCUT2D eigenvalue weighted by Gasteiger charge is -2.33. The Labute approximate surface area is 296 Å². The highest BCUT2D eigenvalue weighted by molar-refractivity contribution is 7.93. The van der Waals surface area contributed by atoms with Gasteiger partial charge in [0.25, 0.3) is 5.91 Å². The van der Waals surface area contributed by atoms with Crippen LogP contribution in [0.25, 0.3) is 0 Å². The van der Waals surface area contributed by atoms with Crippen LogP contribution in [0.15, 0.2) is 48.7 Å². The zero-order chi connectivity index (χ0) is 36.4. The summed E-state index contributed by atoms with van der Waals surface area (Å²) in [5.41, 5.74) is 2.72. The first-order valence-electron chi connectivity index (χ1n) is 17.2. The summed E-state index contributed by atoms with van der Waals surface area (Å²) < 4.78 is 45.9. The second-order valence-electron chi connectivity index (χ2n) is 15.3. The summed E-state index contributed by atoms with van der Waals surface area (Å²) in [7, 11) is -2.13. The molecule has 2 amide bonds. The standard InChI is InChI=1S/C38H50N4O7S/c1-24-9-10-26(35(43)40-31-21-27(37(2,3)4)22-32(34(31)47-8)41-50(45,46)30-11-12-30)20-33(24)48-29-13-16-39-28(23-29)19-25-14-17-42(18-15-25)36(44)49-38(5,6)7/h9-10,13,16,20-23,25,30,41H,11-12,14-15,17-19H2,1-8H3,(H,40,43). The molecule has 3 aromatic rings. The summed E-state index contributed by atoms with van der Waals surface area (Å²) >= 11 is 0. The van der Waals surface area contributed by atoms with Gasteiger partial charge in [-0.05, 0) is 113 Å². The Bertz CT molecular complexity index is 1830. The number of nitrogens with zero attached hydrogens (tertiary/aromatic N) is 2. The quantitative estimate of drug-likeness (QED) is 0.218. The van der Waals surface area contributed by atoms with E-state index in [1.165, 1.54) is 7.11 Å². The van der Waals surface area contributed by atoms with Gasteiger partial charge in [-0.2, -0.15) is 0 Å². The van der Waals surface area contributed by atoms with E-state index in [4.69, 9.17) is 14.2 Å². The molecule has 1 saturated carbocycles. The van der Waals surface area contributed by atoms with Crippen LogP contribution in [0.1, 0.15) is 94.4 Å². The monoisotopic (exact) mass is 706 g/mol. The van der Waals surface area contributed by atoms with Gasteiger partial charge in [-0.1, -0.05) is 26.8 Å². The Morgan fingerprint density at radius 2 is 1.62 bits per heavy atom. The maximum Gasteiger partial charge on any atom is 0.410 e. The molecule has 2 aromatic carbocycles. The Morgan fingerprint density at radius 1 is 0.940 bits per heavy atom. The molecule has 5 rings (SSSR count). The van der Waals surface area contributed by atoms with E-state index in [-0.39, 0.29) is 22.9 Å². The van der Waals surface area contributed by atoms with Gasteiger partial charge in [0.2, 0.25) is 10.0 Å². The lowest BCUT2D eigenvalue weighted by Crippen LogP contribution is -2.42. The first-order valence-corrected chi connectivity index (χ1v) is 18.7. The highest BCUT2D eigenvalue weighted by Crippen LogP contribution is 2.41. The van der Waals surface area contributed by atoms with E-state index in [9.17, 15) is 18.0 Å². The molecule has 0 atom stereocenters. The van der Waals surface area contributed by atoms with Crippen molar-refractivity contribution in [3.63, 3.8) is 0 Å². The number of piperidine rings is 1. The van der Waals surface area contributed by atoms with Crippen LogP contribution in [0.5, 0.6) is 17.2 Å². The molecule has 12 heteroatoms. The number of pyridine rings is 1. The first kappa shape index (κ1) is 36.9. The molecule has 50 heavy (non-hydrogen) atoms. The predicted molar refractivity (Wildman–Crippen MR) is 195 cm³/mol. The zero-order valence-corrected chi connectivity index (χ0v) is 31.2. The molecule has 0 bridgehead atoms. The summed E-state index contributed by atoms with van der Waals surface area (Å²) in [6.45, 7) is 14.9. The maximum absolute atomic E-state index is 13.7. The number of ether oxygens (including phenoxy) is 3. The SMILES string of the molecule is COc1c(NC(=O)c2ccc(C)c(Oc3ccnc(CC4CCN(C(=O)OC(C)(C)C)CC4)c3)c2)cc(C(C)(C)C)cc1NS(=O)(=O)C1CC1. The molecule has 2 heterocycles. The van der Waals surface area contributed by atoms with Crippen LogP contribution in [-0.4, -0.2) is 61.4 Å². The molecule has 0 spiro atoms. The van der Waals surface area contributed by atoms with Crippen molar-refractivity contribution in [2.75, 3.05) is 30.2 Å². The molecular formula is C38H50N4O7S. The second-order valence-corrected chi connectivity index (χ2v) is 17.3. The molecular weight excluding hydrogens is 657 g/mol. The summed E-state index contributed by atoms with van der Waals surface area (Å²) in [5, 5.41) is 2.53. The second kappa shape index (κ2) is 14.5. The van der Waals surface area contributed by atoms with Gasteiger partial charge in [-0.15, -0.1) is 0 Å². The molecule has 2 fully saturated rings. The van der Waals surface area contributed by atoms with Crippen molar-refractivity contribution in [1.29, 1.82) is 0 Å². The fourth-order valence-electron chi connectivity index (χ4n) is 5.81. The fourth-order valence-corrected chi connectivity index (χ4v) is 7.19. The van der Waals surface area contributed by atoms with Crippen LogP contribution in [0, 0.1) is 12.8 Å². The van der Waals surface area contributed by atoms with Gasteiger partial charge >= 0.3 is 6.09 Å². The molecule has 270 valence electrons. The van der Waals surface area contributed by atoms with E-state index in [0.29, 0.717) is 54.6 Å². The third-order valence-electron chi connectivity index (χ3n) is 8.85. The number of hydrogen-bond acceptors (Lipinski definition) is 8. The minimum Gasteiger partial charge on any atom is -0.492 e. The van der Waals surface area contributed by atoms with Crippen molar-refractivity contribution in [1.82, 2.24) is 9.88 Å². The Kier molecular flexibility index (Phi) is 10.7. The number of likely N-dealkylation sites (tertiary alicyclic amines) is 1. The van der Waals surface area contributed by atoms with E-state index in [2.05, 4.69) is 15.0 Å². The van der Waals surface area contributed by atoms with Crippen molar-refractivity contribution in [3.05, 3.63) is 71.0 Å². The fraction of sp³-hybridized carbons (Fsp3) is 0.500. The highest BCUT2D eigenvalue weighted by atomic mass is 32.2. The van der Waals surface area contributed by atoms with E-state index in [1.54, 1.807) is 35.4 Å². The van der Waals surface area contributed by atoms with Crippen LogP contribution < -0.4 is 19.5 Å². The summed E-state index contributed by atoms with van der Waals surface area (Å²) in [4.78, 5) is 32.5. The van der Waals surface area contributed by atoms with E-state index >= 15 is 0 Å². The normalized spacial score (nSPS) is 15.7. The zero-order valence-electron chi connectivity index (χ0n) is 30.4. The molecule has 1 aliphatic carbocycles. The van der Waals surface area contributed by atoms with Gasteiger partial charge in [0.1, 0.15) is 17.1 Å². The number of sulfonamides is 1. The van der Waals surface area contributed by atoms with Gasteiger partial charge in [0.05, 0.1) is 23.7 Å². The van der Waals surface area contributed by atoms with Gasteiger partial charge in [-0.3, -0.25) is 14.5 Å². The number of benzene rings is 2. The van der Waals surface area contributed by atoms with Crippen molar-refractivity contribution in [2.24, 2.45) is 5.92 Å². The van der Waals surface area contributed by atoms with Crippen molar-refractivity contribution in [2.45, 2.75) is 96.8 Å². The summed E-state index contributed by atoms with van der Waals surface area (Å²) in [6.07, 6.45) is 5.17. The van der Waals surface area contributed by atoms with Crippen LogP contribution in [0.3, 0.4) is 0 Å². The van der Waals surface area contributed by atoms with Crippen LogP contribution in [-0.2, 0) is 26.6 Å². The van der Waals surface area contributed by atoms with Gasteiger partial charge < -0.3 is 24.4 Å². The third kappa shape index (κ3) is 9.47. The van der Waals surface area contributed by atoms with Crippen molar-refractivity contribution in [3.8, 4) is 17.2 Å². The molecule has 1 saturated heterocycles. The summed E-state index contributed by atoms with van der Waals surface area (Å²) in [6, 6.07) is 12.5. The molecule has 0 unspecified atom stereocenters. The largest absolute Gasteiger partial charge is 0.492 e. The Hall–Kier alpha value is -4.32. The van der Waals surface area contributed by atoms with Crippen molar-refractivity contribution >= 4 is 33.4 Å². The highest BCUT2D eigenvalue weighted by Gasteiger charge is 2.37. The Morgan fingerprint density at radius 3 is 2.24 bits per heavy atom. The Balaban J connectivity index is 1.29. The number of amides is 2. The van der Waals surface area contributed by atoms with E-state index < -0.39 is 26.8 Å². The number of hydrogen-bond donors (Lipinski definition) is 2. The molecule has 2 N–H and O–H groups in total. The molecule has 0 radical (unpaired) electrons. The molecule has 1 aromatic heterocycles. The smallest absolute Gasteiger partial charge is 0.410 e. The van der Waals surface area contributed by atoms with E-state index in [0.717, 1.165) is 36.1 Å².